The molecule has 0 unspecified atom stereocenters. The summed E-state index contributed by atoms with van der Waals surface area (Å²) in [5, 5.41) is 2.93. The summed E-state index contributed by atoms with van der Waals surface area (Å²) in [5.74, 6) is 0. The van der Waals surface area contributed by atoms with Crippen molar-refractivity contribution >= 4 is 73.0 Å². The molecule has 53 heavy (non-hydrogen) atoms. The van der Waals surface area contributed by atoms with E-state index in [1.807, 2.05) is 121 Å². The molecule has 0 aromatic heterocycles. The van der Waals surface area contributed by atoms with E-state index in [-0.39, 0.29) is 79.3 Å². The minimum atomic E-state index is -3.26. The number of benzene rings is 8. The first kappa shape index (κ1) is 21.5. The Kier molecular flexibility index (Phi) is 5.24. The summed E-state index contributed by atoms with van der Waals surface area (Å²) in [6.45, 7) is 0. The number of rotatable bonds is 6. The van der Waals surface area contributed by atoms with Crippen LogP contribution in [0.25, 0.3) is 22.3 Å². The molecule has 0 aliphatic heterocycles. The van der Waals surface area contributed by atoms with Crippen LogP contribution in [0, 0.1) is 0 Å². The monoisotopic (exact) mass is 858 g/mol. The van der Waals surface area contributed by atoms with Crippen molar-refractivity contribution in [2.75, 3.05) is 0 Å². The Balaban J connectivity index is 1.52. The Hall–Kier alpha value is -4.34. The number of hydrogen-bond acceptors (Lipinski definition) is 0. The van der Waals surface area contributed by atoms with Crippen LogP contribution < -0.4 is 31.8 Å². The van der Waals surface area contributed by atoms with Crippen molar-refractivity contribution in [2.24, 2.45) is 0 Å². The Labute approximate surface area is 346 Å². The molecule has 4 heteroatoms. The molecule has 252 valence electrons. The summed E-state index contributed by atoms with van der Waals surface area (Å²) >= 11 is 6.78. The van der Waals surface area contributed by atoms with E-state index in [4.69, 9.17) is 2.74 Å². The van der Waals surface area contributed by atoms with E-state index in [2.05, 4.69) is 30.2 Å². The number of fused-ring (bicyclic) bond motifs is 10. The Morgan fingerprint density at radius 3 is 0.981 bits per heavy atom. The summed E-state index contributed by atoms with van der Waals surface area (Å²) < 4.78 is 136. The van der Waals surface area contributed by atoms with Crippen molar-refractivity contribution in [3.63, 3.8) is 0 Å². The van der Waals surface area contributed by atoms with E-state index in [1.165, 1.54) is 0 Å². The van der Waals surface area contributed by atoms with Crippen LogP contribution in [-0.4, -0.2) is 30.2 Å². The van der Waals surface area contributed by atoms with Crippen molar-refractivity contribution in [1.29, 1.82) is 0 Å². The molecule has 0 heterocycles. The molecular weight excluding hydrogens is 808 g/mol. The fourth-order valence-corrected chi connectivity index (χ4v) is 16.9. The molecule has 0 amide bonds. The van der Waals surface area contributed by atoms with E-state index < -0.39 is 76.9 Å². The molecule has 2 aliphatic rings. The van der Waals surface area contributed by atoms with E-state index in [1.54, 1.807) is 0 Å². The Bertz CT molecular complexity index is 3250. The van der Waals surface area contributed by atoms with Gasteiger partial charge in [0.2, 0.25) is 0 Å². The first-order chi connectivity index (χ1) is 31.9. The van der Waals surface area contributed by atoms with Gasteiger partial charge in [-0.1, -0.05) is 0 Å². The third-order valence-electron chi connectivity index (χ3n) is 10.1. The minimum absolute atomic E-state index is 0.0705. The maximum atomic E-state index is 10.7. The molecule has 0 saturated heterocycles. The second-order valence-electron chi connectivity index (χ2n) is 12.8. The second kappa shape index (κ2) is 12.9. The summed E-state index contributed by atoms with van der Waals surface area (Å²) in [6.07, 6.45) is 0. The molecule has 0 radical (unpaired) electrons. The fourth-order valence-electron chi connectivity index (χ4n) is 7.72. The van der Waals surface area contributed by atoms with E-state index in [0.717, 1.165) is 0 Å². The summed E-state index contributed by atoms with van der Waals surface area (Å²) in [4.78, 5) is 0. The predicted molar refractivity (Wildman–Crippen MR) is 232 cm³/mol. The second-order valence-corrected chi connectivity index (χ2v) is 25.1. The molecule has 0 saturated carbocycles. The Morgan fingerprint density at radius 2 is 0.642 bits per heavy atom. The summed E-state index contributed by atoms with van der Waals surface area (Å²) in [7, 11) is 0. The van der Waals surface area contributed by atoms with Gasteiger partial charge in [-0.05, 0) is 0 Å². The van der Waals surface area contributed by atoms with Crippen LogP contribution in [0.3, 0.4) is 0 Å². The zero-order valence-electron chi connectivity index (χ0n) is 41.8. The standard InChI is InChI=1S/C49H34P2Se2/c52-50(35-17-5-1-6-18-35,36-19-7-2-8-20-36)39-29-31-43-44-32-30-40(51(53,37-21-9-3-10-22-37)38-23-11-4-12-24-38)34-48(44)49(47(43)33-39)45-27-15-13-25-41(45)42-26-14-16-28-46(42)49/h1-34H/i13D,14D,15D,16D,25D,26D,27D,28D,29D,30D,31D,32D,33D,34D. The third kappa shape index (κ3) is 4.81. The average molecular weight is 857 g/mol. The SMILES string of the molecule is [2H]c1c([2H])c([2H])c2c(c1[2H])-c1c([2H])c([2H])c([2H])c([2H])c1C21c2c([2H])c(P(=[Se])(c3ccccc3)c3ccccc3)c([2H])c([2H])c2-c2c([2H])c([2H])c(P(=[Se])(c3ccccc3)c3ccccc3)c([2H])c21. The van der Waals surface area contributed by atoms with Crippen molar-refractivity contribution in [3.8, 4) is 22.3 Å². The van der Waals surface area contributed by atoms with Gasteiger partial charge in [0.25, 0.3) is 0 Å². The van der Waals surface area contributed by atoms with Gasteiger partial charge in [-0.2, -0.15) is 0 Å². The zero-order valence-corrected chi connectivity index (χ0v) is 33.0. The molecule has 8 aromatic rings. The molecule has 8 aromatic carbocycles. The molecular formula is C49H34P2Se2. The fraction of sp³-hybridized carbons (Fsp3) is 0.0204. The van der Waals surface area contributed by atoms with Crippen LogP contribution in [0.4, 0.5) is 0 Å². The van der Waals surface area contributed by atoms with Crippen molar-refractivity contribution in [2.45, 2.75) is 5.41 Å². The van der Waals surface area contributed by atoms with Gasteiger partial charge in [0.05, 0.1) is 0 Å². The van der Waals surface area contributed by atoms with Crippen LogP contribution in [0.2, 0.25) is 0 Å². The van der Waals surface area contributed by atoms with Gasteiger partial charge in [0.1, 0.15) is 0 Å². The molecule has 0 atom stereocenters. The molecule has 0 N–H and O–H groups in total. The van der Waals surface area contributed by atoms with Crippen LogP contribution >= 0.6 is 11.0 Å². The topological polar surface area (TPSA) is 0 Å². The maximum absolute atomic E-state index is 10.7. The summed E-state index contributed by atoms with van der Waals surface area (Å²) in [6, 6.07) is 29.1. The predicted octanol–water partition coefficient (Wildman–Crippen LogP) is 8.78. The first-order valence-corrected chi connectivity index (χ1v) is 24.9. The van der Waals surface area contributed by atoms with Gasteiger partial charge in [-0.3, -0.25) is 0 Å². The van der Waals surface area contributed by atoms with Gasteiger partial charge >= 0.3 is 348 Å². The Morgan fingerprint density at radius 1 is 0.340 bits per heavy atom. The molecule has 1 spiro atoms. The van der Waals surface area contributed by atoms with Gasteiger partial charge in [-0.15, -0.1) is 0 Å². The van der Waals surface area contributed by atoms with Gasteiger partial charge in [-0.25, -0.2) is 0 Å². The van der Waals surface area contributed by atoms with Crippen LogP contribution in [0.15, 0.2) is 206 Å². The van der Waals surface area contributed by atoms with Crippen molar-refractivity contribution in [3.05, 3.63) is 228 Å². The number of hydrogen-bond donors (Lipinski definition) is 0. The normalized spacial score (nSPS) is 17.3. The van der Waals surface area contributed by atoms with Crippen molar-refractivity contribution in [1.82, 2.24) is 0 Å². The van der Waals surface area contributed by atoms with Crippen molar-refractivity contribution < 1.29 is 19.2 Å². The quantitative estimate of drug-likeness (QED) is 0.116. The van der Waals surface area contributed by atoms with Crippen LogP contribution in [-0.2, 0) is 5.41 Å². The molecule has 0 bridgehead atoms. The van der Waals surface area contributed by atoms with E-state index in [0.29, 0.717) is 21.2 Å². The van der Waals surface area contributed by atoms with Gasteiger partial charge in [0, 0.05) is 0 Å². The van der Waals surface area contributed by atoms with E-state index in [9.17, 15) is 16.4 Å². The summed E-state index contributed by atoms with van der Waals surface area (Å²) in [5.41, 5.74) is -10.7. The van der Waals surface area contributed by atoms with E-state index >= 15 is 0 Å². The molecule has 2 aliphatic carbocycles. The molecule has 0 nitrogen and oxygen atoms in total. The van der Waals surface area contributed by atoms with Gasteiger partial charge in [0.15, 0.2) is 0 Å². The average Bonchev–Trinajstić information content (AvgIpc) is 3.84. The third-order valence-corrected chi connectivity index (χ3v) is 23.5. The van der Waals surface area contributed by atoms with Crippen LogP contribution in [0.5, 0.6) is 0 Å². The zero-order chi connectivity index (χ0) is 47.8. The van der Waals surface area contributed by atoms with Gasteiger partial charge < -0.3 is 0 Å². The molecule has 10 rings (SSSR count). The van der Waals surface area contributed by atoms with Crippen LogP contribution in [0.1, 0.15) is 41.4 Å². The first-order valence-electron chi connectivity index (χ1n) is 23.8. The molecule has 0 fully saturated rings.